The Kier molecular flexibility index (Phi) is 4.87. The molecule has 0 fully saturated rings. The smallest absolute Gasteiger partial charge is 0.270 e. The molecule has 140 valence electrons. The summed E-state index contributed by atoms with van der Waals surface area (Å²) in [5.74, 6) is 0. The zero-order valence-electron chi connectivity index (χ0n) is 15.4. The van der Waals surface area contributed by atoms with Crippen molar-refractivity contribution in [1.29, 1.82) is 5.26 Å². The number of nitrogens with one attached hydrogen (secondary N) is 1. The first-order valence-corrected chi connectivity index (χ1v) is 9.00. The zero-order chi connectivity index (χ0) is 20.2. The molecule has 1 aromatic heterocycles. The minimum absolute atomic E-state index is 0.0598. The third-order valence-corrected chi connectivity index (χ3v) is 4.65. The molecule has 1 heterocycles. The predicted molar refractivity (Wildman–Crippen MR) is 113 cm³/mol. The quantitative estimate of drug-likeness (QED) is 0.358. The number of hydrogen-bond acceptors (Lipinski definition) is 5. The van der Waals surface area contributed by atoms with Crippen LogP contribution in [0.2, 0.25) is 0 Å². The molecule has 0 atom stereocenters. The number of anilines is 2. The maximum absolute atomic E-state index is 11.1. The number of nitro benzene ring substituents is 1. The molecular formula is C23H16N4O2. The Morgan fingerprint density at radius 3 is 2.55 bits per heavy atom. The van der Waals surface area contributed by atoms with E-state index in [-0.39, 0.29) is 5.69 Å². The van der Waals surface area contributed by atoms with Crippen LogP contribution in [0.4, 0.5) is 17.1 Å². The molecule has 29 heavy (non-hydrogen) atoms. The van der Waals surface area contributed by atoms with Crippen LogP contribution in [0.3, 0.4) is 0 Å². The number of benzene rings is 3. The summed E-state index contributed by atoms with van der Waals surface area (Å²) in [5, 5.41) is 24.2. The van der Waals surface area contributed by atoms with Crippen molar-refractivity contribution in [2.75, 3.05) is 5.32 Å². The molecule has 0 saturated heterocycles. The molecule has 4 rings (SSSR count). The van der Waals surface area contributed by atoms with E-state index in [0.717, 1.165) is 39.0 Å². The van der Waals surface area contributed by atoms with Crippen LogP contribution in [-0.4, -0.2) is 9.91 Å². The van der Waals surface area contributed by atoms with E-state index in [1.54, 1.807) is 18.3 Å². The lowest BCUT2D eigenvalue weighted by atomic mass is 10.0. The van der Waals surface area contributed by atoms with Gasteiger partial charge in [-0.25, -0.2) is 0 Å². The van der Waals surface area contributed by atoms with E-state index in [1.165, 1.54) is 6.07 Å². The van der Waals surface area contributed by atoms with Gasteiger partial charge in [-0.1, -0.05) is 30.3 Å². The van der Waals surface area contributed by atoms with Crippen molar-refractivity contribution in [1.82, 2.24) is 4.98 Å². The summed E-state index contributed by atoms with van der Waals surface area (Å²) in [5.41, 5.74) is 5.29. The molecule has 1 N–H and O–H groups in total. The summed E-state index contributed by atoms with van der Waals surface area (Å²) < 4.78 is 0. The van der Waals surface area contributed by atoms with Gasteiger partial charge in [0.05, 0.1) is 22.9 Å². The Hall–Kier alpha value is -4.24. The fourth-order valence-corrected chi connectivity index (χ4v) is 3.19. The fourth-order valence-electron chi connectivity index (χ4n) is 3.19. The summed E-state index contributed by atoms with van der Waals surface area (Å²) in [6, 6.07) is 24.1. The van der Waals surface area contributed by atoms with Gasteiger partial charge >= 0.3 is 0 Å². The number of fused-ring (bicyclic) bond motifs is 1. The highest BCUT2D eigenvalue weighted by molar-refractivity contribution is 5.95. The molecule has 0 unspecified atom stereocenters. The number of aromatic nitrogens is 1. The fraction of sp³-hybridized carbons (Fsp3) is 0.0435. The SMILES string of the molecule is N#CCc1ccc(Nc2ccnc3ccc(-c4cccc([N+](=O)[O-])c4)cc23)cc1. The van der Waals surface area contributed by atoms with Crippen molar-refractivity contribution in [3.8, 4) is 17.2 Å². The number of pyridine rings is 1. The first-order chi connectivity index (χ1) is 14.1. The topological polar surface area (TPSA) is 91.8 Å². The second-order valence-electron chi connectivity index (χ2n) is 6.55. The third kappa shape index (κ3) is 3.89. The highest BCUT2D eigenvalue weighted by Gasteiger charge is 2.09. The highest BCUT2D eigenvalue weighted by atomic mass is 16.6. The van der Waals surface area contributed by atoms with Crippen molar-refractivity contribution in [2.45, 2.75) is 6.42 Å². The maximum atomic E-state index is 11.1. The summed E-state index contributed by atoms with van der Waals surface area (Å²) in [6.07, 6.45) is 2.12. The summed E-state index contributed by atoms with van der Waals surface area (Å²) in [4.78, 5) is 15.1. The largest absolute Gasteiger partial charge is 0.355 e. The molecule has 0 spiro atoms. The average molecular weight is 380 g/mol. The van der Waals surface area contributed by atoms with Gasteiger partial charge in [-0.05, 0) is 47.0 Å². The molecule has 0 aliphatic carbocycles. The van der Waals surface area contributed by atoms with Crippen LogP contribution < -0.4 is 5.32 Å². The van der Waals surface area contributed by atoms with Gasteiger partial charge in [0.25, 0.3) is 5.69 Å². The van der Waals surface area contributed by atoms with Gasteiger partial charge in [0.1, 0.15) is 0 Å². The zero-order valence-corrected chi connectivity index (χ0v) is 15.4. The maximum Gasteiger partial charge on any atom is 0.270 e. The van der Waals surface area contributed by atoms with Crippen LogP contribution in [0.1, 0.15) is 5.56 Å². The molecule has 0 radical (unpaired) electrons. The number of rotatable bonds is 5. The van der Waals surface area contributed by atoms with E-state index in [2.05, 4.69) is 16.4 Å². The second-order valence-corrected chi connectivity index (χ2v) is 6.55. The van der Waals surface area contributed by atoms with Crippen molar-refractivity contribution in [3.05, 3.63) is 94.7 Å². The summed E-state index contributed by atoms with van der Waals surface area (Å²) >= 11 is 0. The van der Waals surface area contributed by atoms with Crippen LogP contribution >= 0.6 is 0 Å². The number of non-ortho nitro benzene ring substituents is 1. The summed E-state index contributed by atoms with van der Waals surface area (Å²) in [7, 11) is 0. The number of nitro groups is 1. The van der Waals surface area contributed by atoms with E-state index in [1.807, 2.05) is 54.6 Å². The van der Waals surface area contributed by atoms with Crippen molar-refractivity contribution >= 4 is 28.0 Å². The van der Waals surface area contributed by atoms with E-state index in [9.17, 15) is 10.1 Å². The molecular weight excluding hydrogens is 364 g/mol. The first kappa shape index (κ1) is 18.1. The third-order valence-electron chi connectivity index (χ3n) is 4.65. The number of hydrogen-bond donors (Lipinski definition) is 1. The monoisotopic (exact) mass is 380 g/mol. The summed E-state index contributed by atoms with van der Waals surface area (Å²) in [6.45, 7) is 0. The van der Waals surface area contributed by atoms with Crippen LogP contribution in [0.5, 0.6) is 0 Å². The Labute approximate surface area is 167 Å². The number of nitriles is 1. The van der Waals surface area contributed by atoms with Gasteiger partial charge in [0.15, 0.2) is 0 Å². The van der Waals surface area contributed by atoms with E-state index in [0.29, 0.717) is 6.42 Å². The first-order valence-electron chi connectivity index (χ1n) is 9.00. The van der Waals surface area contributed by atoms with Crippen molar-refractivity contribution in [2.24, 2.45) is 0 Å². The minimum Gasteiger partial charge on any atom is -0.355 e. The van der Waals surface area contributed by atoms with E-state index >= 15 is 0 Å². The predicted octanol–water partition coefficient (Wildman–Crippen LogP) is 5.62. The van der Waals surface area contributed by atoms with Gasteiger partial charge in [0, 0.05) is 35.1 Å². The molecule has 3 aromatic carbocycles. The van der Waals surface area contributed by atoms with Crippen LogP contribution in [-0.2, 0) is 6.42 Å². The number of nitrogens with zero attached hydrogens (tertiary/aromatic N) is 3. The normalized spacial score (nSPS) is 10.4. The lowest BCUT2D eigenvalue weighted by Gasteiger charge is -2.11. The van der Waals surface area contributed by atoms with Crippen LogP contribution in [0, 0.1) is 21.4 Å². The van der Waals surface area contributed by atoms with Crippen molar-refractivity contribution in [3.63, 3.8) is 0 Å². The lowest BCUT2D eigenvalue weighted by molar-refractivity contribution is -0.384. The Bertz CT molecular complexity index is 1240. The Morgan fingerprint density at radius 2 is 1.79 bits per heavy atom. The van der Waals surface area contributed by atoms with Crippen LogP contribution in [0.25, 0.3) is 22.0 Å². The standard InChI is InChI=1S/C23H16N4O2/c24-12-10-16-4-7-19(8-5-16)26-23-11-13-25-22-9-6-18(15-21(22)23)17-2-1-3-20(14-17)27(28)29/h1-9,11,13-15H,10H2,(H,25,26). The average Bonchev–Trinajstić information content (AvgIpc) is 2.75. The molecule has 0 amide bonds. The molecule has 0 saturated carbocycles. The second kappa shape index (κ2) is 7.79. The Balaban J connectivity index is 1.72. The molecule has 4 aromatic rings. The molecule has 6 nitrogen and oxygen atoms in total. The Morgan fingerprint density at radius 1 is 1.00 bits per heavy atom. The van der Waals surface area contributed by atoms with Crippen molar-refractivity contribution < 1.29 is 4.92 Å². The molecule has 0 aliphatic heterocycles. The van der Waals surface area contributed by atoms with E-state index in [4.69, 9.17) is 5.26 Å². The minimum atomic E-state index is -0.394. The van der Waals surface area contributed by atoms with Crippen LogP contribution in [0.15, 0.2) is 79.0 Å². The highest BCUT2D eigenvalue weighted by Crippen LogP contribution is 2.31. The molecule has 6 heteroatoms. The van der Waals surface area contributed by atoms with Gasteiger partial charge < -0.3 is 5.32 Å². The lowest BCUT2D eigenvalue weighted by Crippen LogP contribution is -1.94. The van der Waals surface area contributed by atoms with Gasteiger partial charge in [-0.15, -0.1) is 0 Å². The van der Waals surface area contributed by atoms with Gasteiger partial charge in [-0.3, -0.25) is 15.1 Å². The van der Waals surface area contributed by atoms with Gasteiger partial charge in [-0.2, -0.15) is 5.26 Å². The van der Waals surface area contributed by atoms with Gasteiger partial charge in [0.2, 0.25) is 0 Å². The molecule has 0 aliphatic rings. The van der Waals surface area contributed by atoms with E-state index < -0.39 is 4.92 Å². The molecule has 0 bridgehead atoms.